The van der Waals surface area contributed by atoms with Gasteiger partial charge in [0.2, 0.25) is 0 Å². The van der Waals surface area contributed by atoms with Gasteiger partial charge in [0.25, 0.3) is 0 Å². The first-order chi connectivity index (χ1) is 9.65. The number of nitrogens with two attached hydrogens (primary N) is 1. The van der Waals surface area contributed by atoms with Gasteiger partial charge in [-0.25, -0.2) is 0 Å². The highest BCUT2D eigenvalue weighted by molar-refractivity contribution is 9.11. The van der Waals surface area contributed by atoms with Crippen LogP contribution in [0.1, 0.15) is 0 Å². The molecule has 4 nitrogen and oxygen atoms in total. The van der Waals surface area contributed by atoms with Gasteiger partial charge in [-0.05, 0) is 35.9 Å². The van der Waals surface area contributed by atoms with Crippen LogP contribution in [-0.4, -0.2) is 15.2 Å². The molecule has 2 heterocycles. The maximum atomic E-state index is 6.00. The van der Waals surface area contributed by atoms with Gasteiger partial charge in [0, 0.05) is 26.9 Å². The third-order valence-electron chi connectivity index (χ3n) is 2.91. The summed E-state index contributed by atoms with van der Waals surface area (Å²) in [5, 5.41) is 7.14. The third kappa shape index (κ3) is 2.48. The predicted molar refractivity (Wildman–Crippen MR) is 87.1 cm³/mol. The molecular formula is C14H10Br2N4. The minimum absolute atomic E-state index is 0.474. The number of pyridine rings is 1. The Labute approximate surface area is 132 Å². The molecule has 0 aliphatic rings. The van der Waals surface area contributed by atoms with Gasteiger partial charge in [0.15, 0.2) is 5.82 Å². The Morgan fingerprint density at radius 2 is 1.60 bits per heavy atom. The van der Waals surface area contributed by atoms with Crippen LogP contribution in [0.3, 0.4) is 0 Å². The van der Waals surface area contributed by atoms with E-state index in [2.05, 4.69) is 47.0 Å². The molecule has 3 N–H and O–H groups in total. The smallest absolute Gasteiger partial charge is 0.153 e. The number of nitrogens with one attached hydrogen (secondary N) is 1. The minimum Gasteiger partial charge on any atom is -0.382 e. The van der Waals surface area contributed by atoms with Crippen LogP contribution in [0.5, 0.6) is 0 Å². The van der Waals surface area contributed by atoms with Gasteiger partial charge in [-0.15, -0.1) is 0 Å². The summed E-state index contributed by atoms with van der Waals surface area (Å²) in [5.41, 5.74) is 9.76. The average molecular weight is 394 g/mol. The number of rotatable bonds is 2. The van der Waals surface area contributed by atoms with Crippen LogP contribution in [-0.2, 0) is 0 Å². The molecular weight excluding hydrogens is 384 g/mol. The van der Waals surface area contributed by atoms with Crippen molar-refractivity contribution in [3.05, 3.63) is 51.7 Å². The molecule has 0 aliphatic carbocycles. The fourth-order valence-corrected chi connectivity index (χ4v) is 3.37. The zero-order valence-electron chi connectivity index (χ0n) is 10.3. The molecule has 1 aromatic carbocycles. The fraction of sp³-hybridized carbons (Fsp3) is 0. The number of anilines is 1. The van der Waals surface area contributed by atoms with Gasteiger partial charge >= 0.3 is 0 Å². The van der Waals surface area contributed by atoms with Gasteiger partial charge in [-0.2, -0.15) is 5.10 Å². The molecule has 3 rings (SSSR count). The number of benzene rings is 1. The lowest BCUT2D eigenvalue weighted by molar-refractivity contribution is 1.10. The number of aromatic nitrogens is 3. The lowest BCUT2D eigenvalue weighted by Gasteiger charge is -2.06. The summed E-state index contributed by atoms with van der Waals surface area (Å²) in [6.07, 6.45) is 3.48. The molecule has 100 valence electrons. The molecule has 0 atom stereocenters. The van der Waals surface area contributed by atoms with E-state index in [9.17, 15) is 0 Å². The van der Waals surface area contributed by atoms with Gasteiger partial charge in [0.1, 0.15) is 0 Å². The van der Waals surface area contributed by atoms with Crippen LogP contribution < -0.4 is 5.73 Å². The first-order valence-corrected chi connectivity index (χ1v) is 7.44. The molecule has 20 heavy (non-hydrogen) atoms. The molecule has 0 spiro atoms. The molecule has 2 aromatic heterocycles. The van der Waals surface area contributed by atoms with Crippen molar-refractivity contribution in [2.24, 2.45) is 0 Å². The molecule has 0 fully saturated rings. The van der Waals surface area contributed by atoms with E-state index in [1.165, 1.54) is 0 Å². The van der Waals surface area contributed by atoms with Crippen LogP contribution in [0.4, 0.5) is 5.82 Å². The van der Waals surface area contributed by atoms with Crippen molar-refractivity contribution in [1.29, 1.82) is 0 Å². The van der Waals surface area contributed by atoms with Crippen molar-refractivity contribution >= 4 is 37.7 Å². The monoisotopic (exact) mass is 392 g/mol. The Hall–Kier alpha value is -1.66. The number of nitrogens with zero attached hydrogens (tertiary/aromatic N) is 2. The number of nitrogen functional groups attached to an aromatic ring is 1. The van der Waals surface area contributed by atoms with Crippen LogP contribution in [0.2, 0.25) is 0 Å². The normalized spacial score (nSPS) is 10.7. The summed E-state index contributed by atoms with van der Waals surface area (Å²) in [4.78, 5) is 4.03. The zero-order chi connectivity index (χ0) is 14.1. The number of H-pyrrole nitrogens is 1. The van der Waals surface area contributed by atoms with Gasteiger partial charge < -0.3 is 5.73 Å². The van der Waals surface area contributed by atoms with E-state index in [0.717, 1.165) is 31.3 Å². The molecule has 0 saturated carbocycles. The van der Waals surface area contributed by atoms with Crippen LogP contribution in [0, 0.1) is 0 Å². The minimum atomic E-state index is 0.474. The molecule has 0 unspecified atom stereocenters. The summed E-state index contributed by atoms with van der Waals surface area (Å²) in [7, 11) is 0. The molecule has 0 aliphatic heterocycles. The summed E-state index contributed by atoms with van der Waals surface area (Å²) in [6, 6.07) is 9.84. The average Bonchev–Trinajstić information content (AvgIpc) is 2.80. The highest BCUT2D eigenvalue weighted by Crippen LogP contribution is 2.36. The van der Waals surface area contributed by atoms with E-state index in [-0.39, 0.29) is 0 Å². The molecule has 0 saturated heterocycles. The highest BCUT2D eigenvalue weighted by Gasteiger charge is 2.15. The first kappa shape index (κ1) is 13.3. The molecule has 6 heteroatoms. The van der Waals surface area contributed by atoms with Crippen LogP contribution >= 0.6 is 31.9 Å². The van der Waals surface area contributed by atoms with E-state index < -0.39 is 0 Å². The molecule has 0 amide bonds. The standard InChI is InChI=1S/C14H10Br2N4/c15-10-5-9(6-11(16)7-10)13-12(14(17)20-19-13)8-1-3-18-4-2-8/h1-7H,(H3,17,19,20). The van der Waals surface area contributed by atoms with E-state index in [0.29, 0.717) is 5.82 Å². The van der Waals surface area contributed by atoms with Crippen molar-refractivity contribution < 1.29 is 0 Å². The molecule has 0 bridgehead atoms. The lowest BCUT2D eigenvalue weighted by atomic mass is 10.0. The SMILES string of the molecule is Nc1n[nH]c(-c2cc(Br)cc(Br)c2)c1-c1ccncc1. The van der Waals surface area contributed by atoms with Crippen molar-refractivity contribution in [3.63, 3.8) is 0 Å². The Balaban J connectivity index is 2.21. The topological polar surface area (TPSA) is 67.6 Å². The summed E-state index contributed by atoms with van der Waals surface area (Å²) >= 11 is 6.98. The second-order valence-electron chi connectivity index (χ2n) is 4.25. The number of hydrogen-bond donors (Lipinski definition) is 2. The van der Waals surface area contributed by atoms with Gasteiger partial charge in [0.05, 0.1) is 11.3 Å². The largest absolute Gasteiger partial charge is 0.382 e. The Bertz CT molecular complexity index is 733. The summed E-state index contributed by atoms with van der Waals surface area (Å²) in [5.74, 6) is 0.474. The quantitative estimate of drug-likeness (QED) is 0.683. The van der Waals surface area contributed by atoms with Crippen molar-refractivity contribution in [2.75, 3.05) is 5.73 Å². The Kier molecular flexibility index (Phi) is 3.58. The Morgan fingerprint density at radius 1 is 0.950 bits per heavy atom. The van der Waals surface area contributed by atoms with Crippen molar-refractivity contribution in [2.45, 2.75) is 0 Å². The van der Waals surface area contributed by atoms with E-state index >= 15 is 0 Å². The van der Waals surface area contributed by atoms with Crippen LogP contribution in [0.15, 0.2) is 51.7 Å². The number of halogens is 2. The van der Waals surface area contributed by atoms with E-state index in [1.807, 2.05) is 30.3 Å². The molecule has 0 radical (unpaired) electrons. The second kappa shape index (κ2) is 5.38. The van der Waals surface area contributed by atoms with Crippen LogP contribution in [0.25, 0.3) is 22.4 Å². The Morgan fingerprint density at radius 3 is 2.25 bits per heavy atom. The number of aromatic amines is 1. The maximum absolute atomic E-state index is 6.00. The van der Waals surface area contributed by atoms with E-state index in [4.69, 9.17) is 5.73 Å². The fourth-order valence-electron chi connectivity index (χ4n) is 2.07. The molecule has 3 aromatic rings. The van der Waals surface area contributed by atoms with Crippen molar-refractivity contribution in [3.8, 4) is 22.4 Å². The zero-order valence-corrected chi connectivity index (χ0v) is 13.4. The summed E-state index contributed by atoms with van der Waals surface area (Å²) < 4.78 is 1.96. The van der Waals surface area contributed by atoms with Gasteiger partial charge in [-0.3, -0.25) is 10.1 Å². The second-order valence-corrected chi connectivity index (χ2v) is 6.08. The first-order valence-electron chi connectivity index (χ1n) is 5.86. The predicted octanol–water partition coefficient (Wildman–Crippen LogP) is 4.25. The summed E-state index contributed by atoms with van der Waals surface area (Å²) in [6.45, 7) is 0. The van der Waals surface area contributed by atoms with Gasteiger partial charge in [-0.1, -0.05) is 31.9 Å². The highest BCUT2D eigenvalue weighted by atomic mass is 79.9. The van der Waals surface area contributed by atoms with Crippen molar-refractivity contribution in [1.82, 2.24) is 15.2 Å². The number of hydrogen-bond acceptors (Lipinski definition) is 3. The maximum Gasteiger partial charge on any atom is 0.153 e. The third-order valence-corrected chi connectivity index (χ3v) is 3.83. The lowest BCUT2D eigenvalue weighted by Crippen LogP contribution is -1.89. The van der Waals surface area contributed by atoms with E-state index in [1.54, 1.807) is 12.4 Å².